The average Bonchev–Trinajstić information content (AvgIpc) is 3.66. The van der Waals surface area contributed by atoms with E-state index in [2.05, 4.69) is 152 Å². The zero-order valence-corrected chi connectivity index (χ0v) is 34.8. The van der Waals surface area contributed by atoms with Crippen molar-refractivity contribution in [3.8, 4) is 11.1 Å². The van der Waals surface area contributed by atoms with Crippen LogP contribution < -0.4 is 0 Å². The van der Waals surface area contributed by atoms with Gasteiger partial charge in [0.05, 0.1) is 0 Å². The molecule has 5 heteroatoms. The van der Waals surface area contributed by atoms with Gasteiger partial charge in [0.15, 0.2) is 0 Å². The molecule has 0 nitrogen and oxygen atoms in total. The molecule has 0 atom stereocenters. The van der Waals surface area contributed by atoms with Crippen molar-refractivity contribution in [2.24, 2.45) is 0 Å². The van der Waals surface area contributed by atoms with Crippen molar-refractivity contribution < 1.29 is 24.2 Å². The van der Waals surface area contributed by atoms with Gasteiger partial charge in [-0.1, -0.05) is 129 Å². The summed E-state index contributed by atoms with van der Waals surface area (Å²) in [6.07, 6.45) is 11.0. The molecule has 4 aromatic carbocycles. The van der Waals surface area contributed by atoms with Gasteiger partial charge in [-0.15, -0.1) is 36.8 Å². The van der Waals surface area contributed by atoms with E-state index in [9.17, 15) is 0 Å². The van der Waals surface area contributed by atoms with Crippen LogP contribution in [0, 0.1) is 31.4 Å². The third-order valence-electron chi connectivity index (χ3n) is 6.47. The molecule has 0 bridgehead atoms. The molecule has 2 aliphatic rings. The number of allylic oxidation sites excluding steroid dienone is 4. The topological polar surface area (TPSA) is 0 Å². The standard InChI is InChI=1S/C21H25.2C6H4I.C5H5.CH2.2ClH.Zr/c1-20(2,3)16-9-7-14-11-15-8-10-17(21(4,5)6)13-19(15)18(14)12-16;2*7-6-4-2-1-3-5-6;1-2-4-5-3-1;;;;/h7,9-10,12-13H,11H2,1-6H3;2*2-5H;1-3H,4H2;1H2;2*1H;/q4*-1;;;;. The van der Waals surface area contributed by atoms with Crippen molar-refractivity contribution >= 4 is 74.2 Å². The summed E-state index contributed by atoms with van der Waals surface area (Å²) in [7, 11) is 0. The van der Waals surface area contributed by atoms with E-state index in [0.717, 1.165) is 12.8 Å². The van der Waals surface area contributed by atoms with E-state index in [1.807, 2.05) is 60.7 Å². The molecule has 0 aliphatic heterocycles. The molecule has 2 aliphatic carbocycles. The summed E-state index contributed by atoms with van der Waals surface area (Å²) in [5.74, 6) is 0. The summed E-state index contributed by atoms with van der Waals surface area (Å²) in [6.45, 7) is 13.6. The molecule has 234 valence electrons. The molecule has 44 heavy (non-hydrogen) atoms. The fraction of sp³-hybridized carbons (Fsp3) is 0.256. The fourth-order valence-electron chi connectivity index (χ4n) is 4.06. The van der Waals surface area contributed by atoms with Gasteiger partial charge in [0.25, 0.3) is 0 Å². The number of hydrogen-bond acceptors (Lipinski definition) is 0. The van der Waals surface area contributed by atoms with Crippen molar-refractivity contribution in [3.05, 3.63) is 151 Å². The van der Waals surface area contributed by atoms with Gasteiger partial charge >= 0.3 is 28.4 Å². The Kier molecular flexibility index (Phi) is 21.4. The Labute approximate surface area is 322 Å². The van der Waals surface area contributed by atoms with Crippen LogP contribution >= 0.6 is 70.0 Å². The minimum absolute atomic E-state index is 0. The average molecular weight is 927 g/mol. The molecule has 0 unspecified atom stereocenters. The van der Waals surface area contributed by atoms with E-state index < -0.39 is 0 Å². The van der Waals surface area contributed by atoms with Gasteiger partial charge < -0.3 is 0 Å². The number of halogens is 4. The maximum atomic E-state index is 3.53. The molecule has 0 saturated heterocycles. The molecule has 0 radical (unpaired) electrons. The predicted molar refractivity (Wildman–Crippen MR) is 210 cm³/mol. The van der Waals surface area contributed by atoms with E-state index in [4.69, 9.17) is 0 Å². The molecule has 0 fully saturated rings. The first-order valence-corrected chi connectivity index (χ1v) is 17.8. The third-order valence-corrected chi connectivity index (χ3v) is 7.91. The Morgan fingerprint density at radius 1 is 0.705 bits per heavy atom. The summed E-state index contributed by atoms with van der Waals surface area (Å²) in [6, 6.07) is 36.6. The Morgan fingerprint density at radius 3 is 1.57 bits per heavy atom. The Hall–Kier alpha value is -0.847. The van der Waals surface area contributed by atoms with Crippen LogP contribution in [0.25, 0.3) is 11.1 Å². The second kappa shape index (κ2) is 21.9. The van der Waals surface area contributed by atoms with Gasteiger partial charge in [0.2, 0.25) is 0 Å². The van der Waals surface area contributed by atoms with Crippen molar-refractivity contribution in [1.29, 1.82) is 0 Å². The van der Waals surface area contributed by atoms with Crippen molar-refractivity contribution in [2.75, 3.05) is 0 Å². The quantitative estimate of drug-likeness (QED) is 0.107. The van der Waals surface area contributed by atoms with E-state index in [1.54, 1.807) is 0 Å². The van der Waals surface area contributed by atoms with Gasteiger partial charge in [-0.3, -0.25) is 6.08 Å². The first-order chi connectivity index (χ1) is 19.9. The van der Waals surface area contributed by atoms with E-state index in [1.165, 1.54) is 64.8 Å². The van der Waals surface area contributed by atoms with Crippen LogP contribution in [0.15, 0.2) is 97.1 Å². The minimum atomic E-state index is 0. The molecule has 0 N–H and O–H groups in total. The molecule has 0 aromatic heterocycles. The second-order valence-corrected chi connectivity index (χ2v) is 14.3. The van der Waals surface area contributed by atoms with Crippen LogP contribution in [0.5, 0.6) is 0 Å². The van der Waals surface area contributed by atoms with Crippen LogP contribution in [0.3, 0.4) is 0 Å². The first-order valence-electron chi connectivity index (χ1n) is 13.9. The Balaban J connectivity index is 0.000000658. The zero-order chi connectivity index (χ0) is 31.2. The summed E-state index contributed by atoms with van der Waals surface area (Å²) in [5.41, 5.74) is 8.76. The van der Waals surface area contributed by atoms with Gasteiger partial charge in [-0.2, -0.15) is 96.1 Å². The van der Waals surface area contributed by atoms with E-state index >= 15 is 0 Å². The molecule has 6 rings (SSSR count). The molecular formula is C39H42Cl2I2Zr-4. The predicted octanol–water partition coefficient (Wildman–Crippen LogP) is 12.0. The third kappa shape index (κ3) is 15.2. The molecule has 0 saturated carbocycles. The zero-order valence-electron chi connectivity index (χ0n) is 26.4. The summed E-state index contributed by atoms with van der Waals surface area (Å²) < 4.78 is 5.86. The number of hydrogen-bond donors (Lipinski definition) is 0. The SMILES string of the molecule is CC(C)(C)c1c[c-]c2c(c1)-c1cc(C(C)(C)C)ccc1C2.Cl.Cl.Ic1cc[c-]cc1.Ic1cc[c-]cc1.[C-]1=CC=CC1.[CH2]=[Zr]. The van der Waals surface area contributed by atoms with Crippen LogP contribution in [-0.4, -0.2) is 4.21 Å². The second-order valence-electron chi connectivity index (χ2n) is 11.8. The maximum absolute atomic E-state index is 3.53. The molecule has 0 heterocycles. The normalized spacial score (nSPS) is 11.5. The van der Waals surface area contributed by atoms with Crippen molar-refractivity contribution in [3.63, 3.8) is 0 Å². The monoisotopic (exact) mass is 924 g/mol. The number of rotatable bonds is 0. The van der Waals surface area contributed by atoms with Gasteiger partial charge in [0.1, 0.15) is 0 Å². The van der Waals surface area contributed by atoms with Crippen molar-refractivity contribution in [2.45, 2.75) is 65.2 Å². The fourth-order valence-corrected chi connectivity index (χ4v) is 4.78. The molecular weight excluding hydrogens is 884 g/mol. The van der Waals surface area contributed by atoms with Gasteiger partial charge in [-0.05, 0) is 17.4 Å². The Bertz CT molecular complexity index is 1330. The Morgan fingerprint density at radius 2 is 1.20 bits per heavy atom. The first kappa shape index (κ1) is 43.2. The van der Waals surface area contributed by atoms with Crippen molar-refractivity contribution in [1.82, 2.24) is 0 Å². The van der Waals surface area contributed by atoms with Crippen LogP contribution in [0.1, 0.15) is 70.2 Å². The molecule has 4 aromatic rings. The summed E-state index contributed by atoms with van der Waals surface area (Å²) >= 11 is 5.82. The van der Waals surface area contributed by atoms with Crippen LogP contribution in [-0.2, 0) is 41.5 Å². The number of benzene rings is 4. The summed E-state index contributed by atoms with van der Waals surface area (Å²) in [4.78, 5) is 0. The van der Waals surface area contributed by atoms with Gasteiger partial charge in [0, 0.05) is 0 Å². The number of fused-ring (bicyclic) bond motifs is 3. The van der Waals surface area contributed by atoms with E-state index in [0.29, 0.717) is 0 Å². The van der Waals surface area contributed by atoms with E-state index in [-0.39, 0.29) is 35.6 Å². The van der Waals surface area contributed by atoms with Crippen LogP contribution in [0.4, 0.5) is 0 Å². The summed E-state index contributed by atoms with van der Waals surface area (Å²) in [5, 5.41) is 0. The molecule has 0 spiro atoms. The van der Waals surface area contributed by atoms with Gasteiger partial charge in [-0.25, -0.2) is 12.2 Å². The van der Waals surface area contributed by atoms with Crippen LogP contribution in [0.2, 0.25) is 0 Å². The molecule has 0 amide bonds.